The maximum Gasteiger partial charge on any atom is 0.355 e. The first-order valence-electron chi connectivity index (χ1n) is 12.6. The summed E-state index contributed by atoms with van der Waals surface area (Å²) in [7, 11) is 0. The first-order valence-corrected chi connectivity index (χ1v) is 12.6. The van der Waals surface area contributed by atoms with E-state index in [0.29, 0.717) is 16.6 Å². The molecule has 1 unspecified atom stereocenters. The first-order chi connectivity index (χ1) is 18.8. The van der Waals surface area contributed by atoms with Crippen LogP contribution in [0.2, 0.25) is 0 Å². The summed E-state index contributed by atoms with van der Waals surface area (Å²) in [5.74, 6) is -3.96. The van der Waals surface area contributed by atoms with Crippen molar-refractivity contribution in [2.24, 2.45) is 5.73 Å². The number of nitrogens with zero attached hydrogens (tertiary/aromatic N) is 1. The number of benzene rings is 2. The summed E-state index contributed by atoms with van der Waals surface area (Å²) in [6.45, 7) is 4.90. The molecule has 0 saturated heterocycles. The van der Waals surface area contributed by atoms with Crippen molar-refractivity contribution >= 4 is 34.5 Å². The fourth-order valence-corrected chi connectivity index (χ4v) is 4.67. The molecule has 2 aromatic carbocycles. The summed E-state index contributed by atoms with van der Waals surface area (Å²) in [4.78, 5) is 57.7. The normalized spacial score (nSPS) is 15.4. The molecule has 39 heavy (non-hydrogen) atoms. The predicted octanol–water partition coefficient (Wildman–Crippen LogP) is 3.25. The molecule has 3 N–H and O–H groups in total. The largest absolute Gasteiger partial charge is 0.463 e. The zero-order chi connectivity index (χ0) is 28.1. The van der Waals surface area contributed by atoms with Crippen molar-refractivity contribution in [1.29, 1.82) is 0 Å². The van der Waals surface area contributed by atoms with Crippen molar-refractivity contribution in [1.82, 2.24) is 4.98 Å². The molecule has 0 amide bonds. The lowest BCUT2D eigenvalue weighted by Gasteiger charge is -2.37. The van der Waals surface area contributed by atoms with Gasteiger partial charge in [0.2, 0.25) is 5.56 Å². The highest BCUT2D eigenvalue weighted by atomic mass is 16.5. The van der Waals surface area contributed by atoms with E-state index in [9.17, 15) is 19.2 Å². The van der Waals surface area contributed by atoms with Gasteiger partial charge in [-0.25, -0.2) is 14.4 Å². The molecular formula is C29H29N3O7. The van der Waals surface area contributed by atoms with Gasteiger partial charge in [-0.1, -0.05) is 36.4 Å². The van der Waals surface area contributed by atoms with Gasteiger partial charge in [-0.3, -0.25) is 9.69 Å². The minimum absolute atomic E-state index is 0.00796. The Labute approximate surface area is 224 Å². The molecule has 10 heteroatoms. The third-order valence-electron chi connectivity index (χ3n) is 6.14. The zero-order valence-electron chi connectivity index (χ0n) is 21.9. The third-order valence-corrected chi connectivity index (χ3v) is 6.14. The molecule has 0 aliphatic carbocycles. The second kappa shape index (κ2) is 11.7. The molecule has 2 heterocycles. The molecule has 1 aliphatic rings. The molecular weight excluding hydrogens is 502 g/mol. The zero-order valence-corrected chi connectivity index (χ0v) is 21.9. The summed E-state index contributed by atoms with van der Waals surface area (Å²) >= 11 is 0. The van der Waals surface area contributed by atoms with E-state index in [1.54, 1.807) is 75.4 Å². The second-order valence-corrected chi connectivity index (χ2v) is 8.46. The van der Waals surface area contributed by atoms with Crippen LogP contribution in [-0.4, -0.2) is 42.7 Å². The Balaban J connectivity index is 2.19. The highest BCUT2D eigenvalue weighted by Crippen LogP contribution is 2.45. The van der Waals surface area contributed by atoms with Crippen LogP contribution in [0.1, 0.15) is 32.3 Å². The van der Waals surface area contributed by atoms with Crippen LogP contribution in [0.4, 0.5) is 5.69 Å². The van der Waals surface area contributed by atoms with Gasteiger partial charge in [0.25, 0.3) is 0 Å². The average Bonchev–Trinajstić information content (AvgIpc) is 2.92. The SMILES string of the molecule is CCOC(=O)C1=C(N)N(c2ccccc2)C(C(=O)OCC)=C(C(=O)OCC)C1c1cc(=O)[nH]c2ccccc12. The number of aromatic amines is 1. The molecule has 0 spiro atoms. The van der Waals surface area contributed by atoms with Crippen LogP contribution in [0.15, 0.2) is 88.1 Å². The average molecular weight is 532 g/mol. The van der Waals surface area contributed by atoms with E-state index in [-0.39, 0.29) is 48.0 Å². The van der Waals surface area contributed by atoms with Gasteiger partial charge in [-0.05, 0) is 44.5 Å². The smallest absolute Gasteiger partial charge is 0.355 e. The minimum Gasteiger partial charge on any atom is -0.463 e. The molecule has 10 nitrogen and oxygen atoms in total. The van der Waals surface area contributed by atoms with Crippen LogP contribution in [0.3, 0.4) is 0 Å². The van der Waals surface area contributed by atoms with Gasteiger partial charge in [-0.15, -0.1) is 0 Å². The number of nitrogens with one attached hydrogen (secondary N) is 1. The Morgan fingerprint density at radius 1 is 0.821 bits per heavy atom. The molecule has 0 saturated carbocycles. The van der Waals surface area contributed by atoms with Crippen molar-refractivity contribution in [3.63, 3.8) is 0 Å². The molecule has 4 rings (SSSR count). The van der Waals surface area contributed by atoms with Crippen molar-refractivity contribution < 1.29 is 28.6 Å². The fraction of sp³-hybridized carbons (Fsp3) is 0.241. The van der Waals surface area contributed by atoms with Gasteiger partial charge in [0.15, 0.2) is 0 Å². The maximum absolute atomic E-state index is 13.7. The molecule has 0 bridgehead atoms. The van der Waals surface area contributed by atoms with Crippen LogP contribution >= 0.6 is 0 Å². The number of pyridine rings is 1. The van der Waals surface area contributed by atoms with Gasteiger partial charge in [0.05, 0.1) is 36.9 Å². The summed E-state index contributed by atoms with van der Waals surface area (Å²) in [6, 6.07) is 16.7. The van der Waals surface area contributed by atoms with E-state index in [1.165, 1.54) is 11.0 Å². The number of rotatable bonds is 8. The van der Waals surface area contributed by atoms with Crippen molar-refractivity contribution in [2.45, 2.75) is 26.7 Å². The summed E-state index contributed by atoms with van der Waals surface area (Å²) < 4.78 is 16.2. The number of aromatic nitrogens is 1. The van der Waals surface area contributed by atoms with E-state index in [0.717, 1.165) is 0 Å². The first kappa shape index (κ1) is 27.2. The number of carbonyl (C=O) groups is 3. The topological polar surface area (TPSA) is 141 Å². The van der Waals surface area contributed by atoms with Gasteiger partial charge >= 0.3 is 17.9 Å². The standard InChI is InChI=1S/C29H29N3O7/c1-4-37-27(34)23-22(19-16-21(33)31-20-15-11-10-14-18(19)20)24(28(35)38-5-2)26(30)32(17-12-8-7-9-13-17)25(23)29(36)39-6-3/h7-16,22H,4-6,30H2,1-3H3,(H,31,33). The van der Waals surface area contributed by atoms with Crippen molar-refractivity contribution in [3.8, 4) is 0 Å². The molecule has 1 atom stereocenters. The number of para-hydroxylation sites is 2. The molecule has 0 fully saturated rings. The fourth-order valence-electron chi connectivity index (χ4n) is 4.67. The lowest BCUT2D eigenvalue weighted by molar-refractivity contribution is -0.142. The van der Waals surface area contributed by atoms with Gasteiger partial charge in [0, 0.05) is 22.7 Å². The summed E-state index contributed by atoms with van der Waals surface area (Å²) in [5.41, 5.74) is 6.81. The van der Waals surface area contributed by atoms with E-state index in [2.05, 4.69) is 4.98 Å². The van der Waals surface area contributed by atoms with E-state index >= 15 is 0 Å². The Kier molecular flexibility index (Phi) is 8.14. The number of fused-ring (bicyclic) bond motifs is 1. The van der Waals surface area contributed by atoms with Crippen molar-refractivity contribution in [3.05, 3.63) is 99.2 Å². The van der Waals surface area contributed by atoms with Gasteiger partial charge in [-0.2, -0.15) is 0 Å². The summed E-state index contributed by atoms with van der Waals surface area (Å²) in [6.07, 6.45) is 0. The molecule has 3 aromatic rings. The number of H-pyrrole nitrogens is 1. The monoisotopic (exact) mass is 531 g/mol. The van der Waals surface area contributed by atoms with Gasteiger partial charge in [0.1, 0.15) is 11.5 Å². The molecule has 1 aromatic heterocycles. The summed E-state index contributed by atoms with van der Waals surface area (Å²) in [5, 5.41) is 0.537. The van der Waals surface area contributed by atoms with Crippen LogP contribution < -0.4 is 16.2 Å². The van der Waals surface area contributed by atoms with Crippen LogP contribution in [0.5, 0.6) is 0 Å². The van der Waals surface area contributed by atoms with E-state index in [1.807, 2.05) is 0 Å². The molecule has 202 valence electrons. The molecule has 1 aliphatic heterocycles. The quantitative estimate of drug-likeness (QED) is 0.331. The van der Waals surface area contributed by atoms with Crippen molar-refractivity contribution in [2.75, 3.05) is 24.7 Å². The Morgan fingerprint density at radius 3 is 2.03 bits per heavy atom. The Bertz CT molecular complexity index is 1540. The Hall–Kier alpha value is -4.86. The van der Waals surface area contributed by atoms with Crippen LogP contribution in [-0.2, 0) is 28.6 Å². The number of anilines is 1. The Morgan fingerprint density at radius 2 is 1.38 bits per heavy atom. The number of hydrogen-bond acceptors (Lipinski definition) is 9. The number of esters is 3. The van der Waals surface area contributed by atoms with E-state index < -0.39 is 29.4 Å². The van der Waals surface area contributed by atoms with Crippen LogP contribution in [0.25, 0.3) is 10.9 Å². The highest BCUT2D eigenvalue weighted by Gasteiger charge is 2.46. The highest BCUT2D eigenvalue weighted by molar-refractivity contribution is 6.10. The second-order valence-electron chi connectivity index (χ2n) is 8.46. The number of hydrogen-bond donors (Lipinski definition) is 2. The number of carbonyl (C=O) groups excluding carboxylic acids is 3. The molecule has 0 radical (unpaired) electrons. The third kappa shape index (κ3) is 5.13. The predicted molar refractivity (Wildman–Crippen MR) is 144 cm³/mol. The van der Waals surface area contributed by atoms with E-state index in [4.69, 9.17) is 19.9 Å². The van der Waals surface area contributed by atoms with Crippen LogP contribution in [0, 0.1) is 0 Å². The lowest BCUT2D eigenvalue weighted by Crippen LogP contribution is -2.43. The minimum atomic E-state index is -1.28. The number of ether oxygens (including phenoxy) is 3. The van der Waals surface area contributed by atoms with Gasteiger partial charge < -0.3 is 24.9 Å². The number of nitrogens with two attached hydrogens (primary N) is 1. The maximum atomic E-state index is 13.7. The lowest BCUT2D eigenvalue weighted by atomic mass is 9.79.